The van der Waals surface area contributed by atoms with Crippen LogP contribution in [0, 0.1) is 0 Å². The van der Waals surface area contributed by atoms with Gasteiger partial charge in [-0.2, -0.15) is 0 Å². The van der Waals surface area contributed by atoms with Gasteiger partial charge in [0.05, 0.1) is 5.57 Å². The maximum atomic E-state index is 11.1. The second-order valence-corrected chi connectivity index (χ2v) is 3.15. The van der Waals surface area contributed by atoms with Crippen LogP contribution < -0.4 is 5.32 Å². The molecule has 0 rings (SSSR count). The Bertz CT molecular complexity index is 342. The number of carbonyl (C=O) groups is 3. The van der Waals surface area contributed by atoms with Gasteiger partial charge >= 0.3 is 5.97 Å². The van der Waals surface area contributed by atoms with E-state index in [1.54, 1.807) is 6.92 Å². The van der Waals surface area contributed by atoms with E-state index in [1.807, 2.05) is 0 Å². The molecule has 0 saturated carbocycles. The Morgan fingerprint density at radius 2 is 1.94 bits per heavy atom. The molecule has 0 aromatic rings. The van der Waals surface area contributed by atoms with Gasteiger partial charge in [-0.05, 0) is 19.4 Å². The quantitative estimate of drug-likeness (QED) is 0.661. The van der Waals surface area contributed by atoms with Crippen molar-refractivity contribution in [1.29, 1.82) is 0 Å². The molecule has 0 aliphatic rings. The Hall–Kier alpha value is -1.91. The van der Waals surface area contributed by atoms with E-state index in [9.17, 15) is 14.4 Å². The lowest BCUT2D eigenvalue weighted by Gasteiger charge is -1.98. The highest BCUT2D eigenvalue weighted by molar-refractivity contribution is 5.91. The van der Waals surface area contributed by atoms with Crippen LogP contribution in [0.1, 0.15) is 26.7 Å². The average molecular weight is 225 g/mol. The maximum absolute atomic E-state index is 11.1. The van der Waals surface area contributed by atoms with Gasteiger partial charge in [-0.15, -0.1) is 0 Å². The van der Waals surface area contributed by atoms with E-state index >= 15 is 0 Å². The summed E-state index contributed by atoms with van der Waals surface area (Å²) in [4.78, 5) is 32.2. The van der Waals surface area contributed by atoms with Gasteiger partial charge in [0, 0.05) is 12.6 Å². The number of ketones is 1. The minimum atomic E-state index is -1.06. The molecule has 16 heavy (non-hydrogen) atoms. The van der Waals surface area contributed by atoms with Gasteiger partial charge < -0.3 is 10.4 Å². The lowest BCUT2D eigenvalue weighted by molar-refractivity contribution is -0.132. The highest BCUT2D eigenvalue weighted by atomic mass is 16.4. The SMILES string of the molecule is CCC(=CNC(=O)C=CCC(C)=O)C(=O)O. The van der Waals surface area contributed by atoms with Crippen LogP contribution in [0.5, 0.6) is 0 Å². The lowest BCUT2D eigenvalue weighted by atomic mass is 10.2. The lowest BCUT2D eigenvalue weighted by Crippen LogP contribution is -2.16. The molecular formula is C11H15NO4. The number of nitrogens with one attached hydrogen (secondary N) is 1. The van der Waals surface area contributed by atoms with Crippen molar-refractivity contribution in [2.75, 3.05) is 0 Å². The van der Waals surface area contributed by atoms with Crippen molar-refractivity contribution in [3.63, 3.8) is 0 Å². The summed E-state index contributed by atoms with van der Waals surface area (Å²) in [5.74, 6) is -1.55. The molecule has 0 heterocycles. The number of amides is 1. The number of carboxylic acid groups (broad SMARTS) is 1. The largest absolute Gasteiger partial charge is 0.478 e. The fourth-order valence-electron chi connectivity index (χ4n) is 0.853. The van der Waals surface area contributed by atoms with Gasteiger partial charge in [0.25, 0.3) is 0 Å². The van der Waals surface area contributed by atoms with E-state index in [2.05, 4.69) is 5.32 Å². The first-order valence-corrected chi connectivity index (χ1v) is 4.86. The third-order valence-corrected chi connectivity index (χ3v) is 1.72. The summed E-state index contributed by atoms with van der Waals surface area (Å²) >= 11 is 0. The third-order valence-electron chi connectivity index (χ3n) is 1.72. The fourth-order valence-corrected chi connectivity index (χ4v) is 0.853. The summed E-state index contributed by atoms with van der Waals surface area (Å²) in [6, 6.07) is 0. The number of Topliss-reactive ketones (excluding diaryl/α,β-unsaturated/α-hetero) is 1. The van der Waals surface area contributed by atoms with Crippen molar-refractivity contribution in [2.24, 2.45) is 0 Å². The van der Waals surface area contributed by atoms with Crippen LogP contribution in [0.15, 0.2) is 23.9 Å². The summed E-state index contributed by atoms with van der Waals surface area (Å²) in [7, 11) is 0. The number of hydrogen-bond donors (Lipinski definition) is 2. The molecule has 1 amide bonds. The minimum absolute atomic E-state index is 0.0422. The molecule has 0 unspecified atom stereocenters. The average Bonchev–Trinajstić information content (AvgIpc) is 2.17. The summed E-state index contributed by atoms with van der Waals surface area (Å²) in [5, 5.41) is 11.0. The minimum Gasteiger partial charge on any atom is -0.478 e. The highest BCUT2D eigenvalue weighted by Gasteiger charge is 2.03. The maximum Gasteiger partial charge on any atom is 0.333 e. The zero-order valence-corrected chi connectivity index (χ0v) is 9.32. The molecule has 0 fully saturated rings. The monoisotopic (exact) mass is 225 g/mol. The first kappa shape index (κ1) is 14.1. The third kappa shape index (κ3) is 6.53. The molecule has 0 bridgehead atoms. The van der Waals surface area contributed by atoms with Crippen molar-refractivity contribution in [2.45, 2.75) is 26.7 Å². The molecule has 0 aromatic carbocycles. The molecule has 5 nitrogen and oxygen atoms in total. The normalized spacial score (nSPS) is 11.5. The molecule has 2 N–H and O–H groups in total. The Balaban J connectivity index is 4.20. The number of aliphatic carboxylic acids is 1. The van der Waals surface area contributed by atoms with Crippen molar-refractivity contribution in [1.82, 2.24) is 5.32 Å². The highest BCUT2D eigenvalue weighted by Crippen LogP contribution is 1.97. The van der Waals surface area contributed by atoms with Gasteiger partial charge in [0.1, 0.15) is 5.78 Å². The Morgan fingerprint density at radius 3 is 2.38 bits per heavy atom. The predicted molar refractivity (Wildman–Crippen MR) is 58.6 cm³/mol. The Labute approximate surface area is 93.8 Å². The molecule has 0 saturated heterocycles. The van der Waals surface area contributed by atoms with E-state index in [0.717, 1.165) is 6.20 Å². The van der Waals surface area contributed by atoms with Crippen LogP contribution >= 0.6 is 0 Å². The van der Waals surface area contributed by atoms with E-state index in [1.165, 1.54) is 19.1 Å². The smallest absolute Gasteiger partial charge is 0.333 e. The van der Waals surface area contributed by atoms with Crippen LogP contribution in [0.25, 0.3) is 0 Å². The topological polar surface area (TPSA) is 83.5 Å². The zero-order valence-electron chi connectivity index (χ0n) is 9.32. The molecule has 0 radical (unpaired) electrons. The predicted octanol–water partition coefficient (Wildman–Crippen LogP) is 1.02. The number of rotatable bonds is 6. The van der Waals surface area contributed by atoms with E-state index in [-0.39, 0.29) is 17.8 Å². The van der Waals surface area contributed by atoms with Crippen LogP contribution in [0.4, 0.5) is 0 Å². The van der Waals surface area contributed by atoms with Crippen molar-refractivity contribution in [3.05, 3.63) is 23.9 Å². The molecule has 0 spiro atoms. The number of carboxylic acids is 1. The number of carbonyl (C=O) groups excluding carboxylic acids is 2. The van der Waals surface area contributed by atoms with Crippen LogP contribution in [0.2, 0.25) is 0 Å². The Kier molecular flexibility index (Phi) is 6.51. The molecule has 0 aliphatic heterocycles. The van der Waals surface area contributed by atoms with Gasteiger partial charge in [-0.25, -0.2) is 4.79 Å². The van der Waals surface area contributed by atoms with Crippen LogP contribution in [0.3, 0.4) is 0 Å². The second-order valence-electron chi connectivity index (χ2n) is 3.15. The number of allylic oxidation sites excluding steroid dienone is 1. The summed E-state index contributed by atoms with van der Waals surface area (Å²) in [6.45, 7) is 3.10. The molecule has 0 aliphatic carbocycles. The molecule has 0 atom stereocenters. The van der Waals surface area contributed by atoms with E-state index < -0.39 is 11.9 Å². The molecule has 5 heteroatoms. The van der Waals surface area contributed by atoms with Crippen LogP contribution in [-0.2, 0) is 14.4 Å². The fraction of sp³-hybridized carbons (Fsp3) is 0.364. The van der Waals surface area contributed by atoms with Crippen molar-refractivity contribution in [3.8, 4) is 0 Å². The molecular weight excluding hydrogens is 210 g/mol. The van der Waals surface area contributed by atoms with Crippen molar-refractivity contribution >= 4 is 17.7 Å². The second kappa shape index (κ2) is 7.39. The van der Waals surface area contributed by atoms with Gasteiger partial charge in [0.15, 0.2) is 0 Å². The van der Waals surface area contributed by atoms with E-state index in [4.69, 9.17) is 5.11 Å². The molecule has 88 valence electrons. The van der Waals surface area contributed by atoms with Gasteiger partial charge in [-0.1, -0.05) is 13.0 Å². The number of hydrogen-bond acceptors (Lipinski definition) is 3. The van der Waals surface area contributed by atoms with Gasteiger partial charge in [0.2, 0.25) is 5.91 Å². The Morgan fingerprint density at radius 1 is 1.31 bits per heavy atom. The zero-order chi connectivity index (χ0) is 12.6. The summed E-state index contributed by atoms with van der Waals surface area (Å²) < 4.78 is 0. The summed E-state index contributed by atoms with van der Waals surface area (Å²) in [6.07, 6.45) is 4.30. The summed E-state index contributed by atoms with van der Waals surface area (Å²) in [5.41, 5.74) is 0.119. The van der Waals surface area contributed by atoms with E-state index in [0.29, 0.717) is 6.42 Å². The first-order valence-electron chi connectivity index (χ1n) is 4.86. The van der Waals surface area contributed by atoms with Gasteiger partial charge in [-0.3, -0.25) is 9.59 Å². The first-order chi connectivity index (χ1) is 7.47. The standard InChI is InChI=1S/C11H15NO4/c1-3-9(11(15)16)7-12-10(14)6-4-5-8(2)13/h4,6-7H,3,5H2,1-2H3,(H,12,14)(H,15,16). The van der Waals surface area contributed by atoms with Crippen molar-refractivity contribution < 1.29 is 19.5 Å². The van der Waals surface area contributed by atoms with Crippen LogP contribution in [-0.4, -0.2) is 22.8 Å². The molecule has 0 aromatic heterocycles.